The molecule has 0 radical (unpaired) electrons. The number of nitrogens with zero attached hydrogens (tertiary/aromatic N) is 2. The Morgan fingerprint density at radius 2 is 1.81 bits per heavy atom. The molecule has 2 heterocycles. The minimum atomic E-state index is -0.285. The number of fused-ring (bicyclic) bond motifs is 1. The van der Waals surface area contributed by atoms with Crippen LogP contribution in [0.3, 0.4) is 0 Å². The van der Waals surface area contributed by atoms with Gasteiger partial charge >= 0.3 is 0 Å². The van der Waals surface area contributed by atoms with Gasteiger partial charge in [-0.05, 0) is 30.0 Å². The standard InChI is InChI=1S/C21H17N3OS2/c1-14(27-21-17-11-12-26-20(17)22-13-23-21)19(25)24-18-10-6-5-9-16(18)15-7-3-2-4-8-15/h2-14H,1H3,(H,24,25)/t14-/m0/s1. The van der Waals surface area contributed by atoms with Gasteiger partial charge < -0.3 is 5.32 Å². The molecule has 0 fully saturated rings. The minimum absolute atomic E-state index is 0.0506. The van der Waals surface area contributed by atoms with Crippen LogP contribution in [0, 0.1) is 0 Å². The molecule has 0 spiro atoms. The number of para-hydroxylation sites is 1. The fraction of sp³-hybridized carbons (Fsp3) is 0.0952. The first-order valence-corrected chi connectivity index (χ1v) is 10.3. The number of carbonyl (C=O) groups excluding carboxylic acids is 1. The highest BCUT2D eigenvalue weighted by Gasteiger charge is 2.18. The predicted molar refractivity (Wildman–Crippen MR) is 113 cm³/mol. The van der Waals surface area contributed by atoms with Gasteiger partial charge in [0.05, 0.1) is 5.25 Å². The van der Waals surface area contributed by atoms with Crippen molar-refractivity contribution in [2.45, 2.75) is 17.2 Å². The van der Waals surface area contributed by atoms with E-state index in [9.17, 15) is 4.79 Å². The summed E-state index contributed by atoms with van der Waals surface area (Å²) in [6.07, 6.45) is 1.55. The van der Waals surface area contributed by atoms with Crippen LogP contribution in [0.25, 0.3) is 21.3 Å². The zero-order valence-electron chi connectivity index (χ0n) is 14.6. The van der Waals surface area contributed by atoms with Crippen molar-refractivity contribution in [3.63, 3.8) is 0 Å². The molecule has 27 heavy (non-hydrogen) atoms. The number of aromatic nitrogens is 2. The third-order valence-electron chi connectivity index (χ3n) is 4.15. The number of carbonyl (C=O) groups is 1. The van der Waals surface area contributed by atoms with E-state index in [1.165, 1.54) is 11.8 Å². The van der Waals surface area contributed by atoms with Gasteiger partial charge in [0.2, 0.25) is 5.91 Å². The molecule has 0 aliphatic carbocycles. The Hall–Kier alpha value is -2.70. The fourth-order valence-electron chi connectivity index (χ4n) is 2.78. The molecule has 0 aliphatic rings. The van der Waals surface area contributed by atoms with Crippen LogP contribution in [0.2, 0.25) is 0 Å². The number of anilines is 1. The van der Waals surface area contributed by atoms with Gasteiger partial charge in [-0.15, -0.1) is 11.3 Å². The van der Waals surface area contributed by atoms with Crippen molar-refractivity contribution in [2.24, 2.45) is 0 Å². The normalized spacial score (nSPS) is 12.0. The summed E-state index contributed by atoms with van der Waals surface area (Å²) >= 11 is 3.02. The lowest BCUT2D eigenvalue weighted by Crippen LogP contribution is -2.22. The molecule has 134 valence electrons. The number of thioether (sulfide) groups is 1. The van der Waals surface area contributed by atoms with Gasteiger partial charge in [-0.25, -0.2) is 9.97 Å². The van der Waals surface area contributed by atoms with Crippen LogP contribution in [-0.4, -0.2) is 21.1 Å². The van der Waals surface area contributed by atoms with Crippen LogP contribution >= 0.6 is 23.1 Å². The van der Waals surface area contributed by atoms with E-state index < -0.39 is 0 Å². The molecule has 2 aromatic carbocycles. The van der Waals surface area contributed by atoms with Crippen molar-refractivity contribution in [3.8, 4) is 11.1 Å². The molecule has 4 aromatic rings. The average molecular weight is 392 g/mol. The lowest BCUT2D eigenvalue weighted by molar-refractivity contribution is -0.115. The fourth-order valence-corrected chi connectivity index (χ4v) is 4.48. The number of hydrogen-bond acceptors (Lipinski definition) is 5. The van der Waals surface area contributed by atoms with Gasteiger partial charge in [0.1, 0.15) is 16.2 Å². The highest BCUT2D eigenvalue weighted by molar-refractivity contribution is 8.00. The first kappa shape index (κ1) is 17.7. The summed E-state index contributed by atoms with van der Waals surface area (Å²) in [6.45, 7) is 1.89. The van der Waals surface area contributed by atoms with Gasteiger partial charge in [0, 0.05) is 16.6 Å². The van der Waals surface area contributed by atoms with Crippen LogP contribution < -0.4 is 5.32 Å². The van der Waals surface area contributed by atoms with E-state index in [0.717, 1.165) is 32.1 Å². The molecule has 0 unspecified atom stereocenters. The number of thiophene rings is 1. The zero-order valence-corrected chi connectivity index (χ0v) is 16.3. The zero-order chi connectivity index (χ0) is 18.6. The van der Waals surface area contributed by atoms with E-state index in [2.05, 4.69) is 15.3 Å². The van der Waals surface area contributed by atoms with Crippen LogP contribution in [0.5, 0.6) is 0 Å². The van der Waals surface area contributed by atoms with Gasteiger partial charge in [-0.2, -0.15) is 0 Å². The van der Waals surface area contributed by atoms with Crippen molar-refractivity contribution in [1.29, 1.82) is 0 Å². The summed E-state index contributed by atoms with van der Waals surface area (Å²) in [5, 5.41) is 6.61. The van der Waals surface area contributed by atoms with Crippen molar-refractivity contribution in [3.05, 3.63) is 72.4 Å². The minimum Gasteiger partial charge on any atom is -0.325 e. The molecule has 1 amide bonds. The summed E-state index contributed by atoms with van der Waals surface area (Å²) in [4.78, 5) is 22.4. The molecule has 4 nitrogen and oxygen atoms in total. The quantitative estimate of drug-likeness (QED) is 0.362. The molecule has 0 saturated heterocycles. The summed E-state index contributed by atoms with van der Waals surface area (Å²) < 4.78 is 0. The monoisotopic (exact) mass is 391 g/mol. The number of hydrogen-bond donors (Lipinski definition) is 1. The summed E-state index contributed by atoms with van der Waals surface area (Å²) in [5.41, 5.74) is 2.89. The molecule has 2 aromatic heterocycles. The Bertz CT molecular complexity index is 1080. The number of nitrogens with one attached hydrogen (secondary N) is 1. The molecular formula is C21H17N3OS2. The maximum atomic E-state index is 12.8. The van der Waals surface area contributed by atoms with E-state index in [4.69, 9.17) is 0 Å². The van der Waals surface area contributed by atoms with E-state index in [-0.39, 0.29) is 11.2 Å². The van der Waals surface area contributed by atoms with Crippen molar-refractivity contribution >= 4 is 44.9 Å². The highest BCUT2D eigenvalue weighted by Crippen LogP contribution is 2.32. The van der Waals surface area contributed by atoms with Gasteiger partial charge in [0.15, 0.2) is 0 Å². The molecule has 6 heteroatoms. The van der Waals surface area contributed by atoms with Gasteiger partial charge in [0.25, 0.3) is 0 Å². The topological polar surface area (TPSA) is 54.9 Å². The largest absolute Gasteiger partial charge is 0.325 e. The third kappa shape index (κ3) is 3.86. The van der Waals surface area contributed by atoms with Crippen LogP contribution in [0.15, 0.2) is 77.4 Å². The Kier molecular flexibility index (Phi) is 5.18. The Labute approximate surface area is 165 Å². The van der Waals surface area contributed by atoms with Crippen LogP contribution in [0.4, 0.5) is 5.69 Å². The second-order valence-electron chi connectivity index (χ2n) is 5.98. The highest BCUT2D eigenvalue weighted by atomic mass is 32.2. The van der Waals surface area contributed by atoms with Crippen LogP contribution in [-0.2, 0) is 4.79 Å². The Balaban J connectivity index is 1.54. The first-order valence-electron chi connectivity index (χ1n) is 8.52. The third-order valence-corrected chi connectivity index (χ3v) is 6.09. The molecule has 0 bridgehead atoms. The second kappa shape index (κ2) is 7.90. The first-order chi connectivity index (χ1) is 13.2. The molecule has 0 aliphatic heterocycles. The second-order valence-corrected chi connectivity index (χ2v) is 8.20. The summed E-state index contributed by atoms with van der Waals surface area (Å²) in [5.74, 6) is -0.0506. The lowest BCUT2D eigenvalue weighted by atomic mass is 10.0. The smallest absolute Gasteiger partial charge is 0.237 e. The molecular weight excluding hydrogens is 374 g/mol. The van der Waals surface area contributed by atoms with E-state index >= 15 is 0 Å². The van der Waals surface area contributed by atoms with Gasteiger partial charge in [-0.3, -0.25) is 4.79 Å². The SMILES string of the molecule is C[C@H](Sc1ncnc2sccc12)C(=O)Nc1ccccc1-c1ccccc1. The number of amides is 1. The van der Waals surface area contributed by atoms with E-state index in [1.807, 2.05) is 73.0 Å². The number of benzene rings is 2. The van der Waals surface area contributed by atoms with E-state index in [0.29, 0.717) is 0 Å². The predicted octanol–water partition coefficient (Wildman–Crippen LogP) is 5.48. The van der Waals surface area contributed by atoms with Crippen molar-refractivity contribution < 1.29 is 4.79 Å². The maximum Gasteiger partial charge on any atom is 0.237 e. The summed E-state index contributed by atoms with van der Waals surface area (Å²) in [6, 6.07) is 19.9. The maximum absolute atomic E-state index is 12.8. The molecule has 4 rings (SSSR count). The molecule has 1 atom stereocenters. The molecule has 1 N–H and O–H groups in total. The summed E-state index contributed by atoms with van der Waals surface area (Å²) in [7, 11) is 0. The van der Waals surface area contributed by atoms with Crippen molar-refractivity contribution in [1.82, 2.24) is 9.97 Å². The molecule has 0 saturated carbocycles. The Morgan fingerprint density at radius 3 is 2.67 bits per heavy atom. The number of rotatable bonds is 5. The van der Waals surface area contributed by atoms with Crippen molar-refractivity contribution in [2.75, 3.05) is 5.32 Å². The van der Waals surface area contributed by atoms with E-state index in [1.54, 1.807) is 17.7 Å². The van der Waals surface area contributed by atoms with Gasteiger partial charge in [-0.1, -0.05) is 60.3 Å². The Morgan fingerprint density at radius 1 is 1.04 bits per heavy atom. The lowest BCUT2D eigenvalue weighted by Gasteiger charge is -2.15. The average Bonchev–Trinajstić information content (AvgIpc) is 3.19. The van der Waals surface area contributed by atoms with Crippen LogP contribution in [0.1, 0.15) is 6.92 Å².